The Balaban J connectivity index is 3.41. The molecule has 0 saturated heterocycles. The zero-order valence-electron chi connectivity index (χ0n) is 6.21. The van der Waals surface area contributed by atoms with Gasteiger partial charge in [0.2, 0.25) is 5.39 Å². The number of benzene rings is 1. The lowest BCUT2D eigenvalue weighted by Crippen LogP contribution is -1.98. The van der Waals surface area contributed by atoms with Crippen LogP contribution in [0.1, 0.15) is 0 Å². The number of rotatable bonds is 1. The molecule has 0 amide bonds. The molecule has 7 heteroatoms. The average molecular weight is 200 g/mol. The van der Waals surface area contributed by atoms with Gasteiger partial charge in [-0.1, -0.05) is 6.07 Å². The van der Waals surface area contributed by atoms with Gasteiger partial charge in [-0.05, 0) is 11.8 Å². The van der Waals surface area contributed by atoms with E-state index in [1.54, 1.807) is 0 Å². The van der Waals surface area contributed by atoms with E-state index in [2.05, 4.69) is 4.98 Å². The predicted molar refractivity (Wildman–Crippen MR) is 40.4 cm³/mol. The molecular weight excluding hydrogens is 196 g/mol. The summed E-state index contributed by atoms with van der Waals surface area (Å²) in [5, 5.41) is 19.1. The molecule has 0 heterocycles. The van der Waals surface area contributed by atoms with E-state index in [4.69, 9.17) is 9.95 Å². The van der Waals surface area contributed by atoms with Gasteiger partial charge in [0.25, 0.3) is 10.1 Å². The first-order chi connectivity index (χ1) is 5.95. The van der Waals surface area contributed by atoms with Gasteiger partial charge in [0.05, 0.1) is 6.07 Å². The third-order valence-corrected chi connectivity index (χ3v) is 2.19. The Bertz CT molecular complexity index is 474. The van der Waals surface area contributed by atoms with Crippen molar-refractivity contribution in [2.75, 3.05) is 0 Å². The topological polar surface area (TPSA) is 106 Å². The maximum atomic E-state index is 10.8. The highest BCUT2D eigenvalue weighted by Gasteiger charge is 2.15. The molecule has 1 N–H and O–H groups in total. The van der Waals surface area contributed by atoms with E-state index < -0.39 is 26.5 Å². The number of hydrogen-bond donors (Lipinski definition) is 1. The molecule has 13 heavy (non-hydrogen) atoms. The van der Waals surface area contributed by atoms with Gasteiger partial charge in [-0.2, -0.15) is 8.42 Å². The molecule has 0 atom stereocenters. The molecular formula is C6H4N2O4S. The van der Waals surface area contributed by atoms with E-state index in [1.165, 1.54) is 0 Å². The largest absolute Gasteiger partial charge is 0.867 e. The lowest BCUT2D eigenvalue weighted by atomic mass is 10.3. The maximum absolute atomic E-state index is 10.8. The normalized spacial score (nSPS) is 10.8. The van der Waals surface area contributed by atoms with E-state index in [1.807, 2.05) is 0 Å². The van der Waals surface area contributed by atoms with Crippen molar-refractivity contribution in [3.8, 4) is 5.75 Å². The van der Waals surface area contributed by atoms with Crippen molar-refractivity contribution in [1.29, 1.82) is 5.39 Å². The average Bonchev–Trinajstić information content (AvgIpc) is 2.03. The molecule has 0 aliphatic carbocycles. The van der Waals surface area contributed by atoms with Crippen LogP contribution >= 0.6 is 0 Å². The van der Waals surface area contributed by atoms with Crippen LogP contribution in [0.25, 0.3) is 4.98 Å². The quantitative estimate of drug-likeness (QED) is 0.524. The first kappa shape index (κ1) is 9.44. The van der Waals surface area contributed by atoms with Crippen LogP contribution in [0.4, 0.5) is 5.69 Å². The highest BCUT2D eigenvalue weighted by molar-refractivity contribution is 7.85. The zero-order chi connectivity index (χ0) is 10.1. The van der Waals surface area contributed by atoms with Crippen LogP contribution in [0.5, 0.6) is 5.75 Å². The van der Waals surface area contributed by atoms with Gasteiger partial charge in [-0.15, -0.1) is 0 Å². The second-order valence-electron chi connectivity index (χ2n) is 2.20. The van der Waals surface area contributed by atoms with E-state index in [9.17, 15) is 13.5 Å². The number of diazo groups is 1. The van der Waals surface area contributed by atoms with Gasteiger partial charge in [-0.25, -0.2) is 0 Å². The Labute approximate surface area is 73.8 Å². The molecule has 0 aromatic heterocycles. The van der Waals surface area contributed by atoms with Crippen LogP contribution in [-0.2, 0) is 10.1 Å². The summed E-state index contributed by atoms with van der Waals surface area (Å²) in [5.41, 5.74) is -0.435. The monoisotopic (exact) mass is 200 g/mol. The summed E-state index contributed by atoms with van der Waals surface area (Å²) < 4.78 is 29.6. The van der Waals surface area contributed by atoms with E-state index >= 15 is 0 Å². The summed E-state index contributed by atoms with van der Waals surface area (Å²) in [6, 6.07) is 2.59. The van der Waals surface area contributed by atoms with E-state index in [-0.39, 0.29) is 0 Å². The van der Waals surface area contributed by atoms with Crippen molar-refractivity contribution in [3.05, 3.63) is 23.2 Å². The highest BCUT2D eigenvalue weighted by Crippen LogP contribution is 2.26. The summed E-state index contributed by atoms with van der Waals surface area (Å²) in [5.74, 6) is -0.630. The third-order valence-electron chi connectivity index (χ3n) is 1.34. The summed E-state index contributed by atoms with van der Waals surface area (Å²) in [6.07, 6.45) is 0. The summed E-state index contributed by atoms with van der Waals surface area (Å²) in [4.78, 5) is 2.07. The summed E-state index contributed by atoms with van der Waals surface area (Å²) in [7, 11) is -4.36. The first-order valence-corrected chi connectivity index (χ1v) is 4.53. The molecule has 0 aliphatic heterocycles. The third kappa shape index (κ3) is 1.93. The molecule has 1 aromatic carbocycles. The Morgan fingerprint density at radius 3 is 2.54 bits per heavy atom. The standard InChI is InChI=1S/C6H4N2O4S/c7-8-5-3-4(13(10,11)12)1-2-6(5)9/h1-3H,(H-,9,10,11,12). The molecule has 68 valence electrons. The molecule has 1 rings (SSSR count). The minimum Gasteiger partial charge on any atom is -0.867 e. The fraction of sp³-hybridized carbons (Fsp3) is 0. The molecule has 0 fully saturated rings. The van der Waals surface area contributed by atoms with Crippen molar-refractivity contribution in [3.63, 3.8) is 0 Å². The molecule has 6 nitrogen and oxygen atoms in total. The fourth-order valence-electron chi connectivity index (χ4n) is 0.736. The Kier molecular flexibility index (Phi) is 2.18. The summed E-state index contributed by atoms with van der Waals surface area (Å²) >= 11 is 0. The lowest BCUT2D eigenvalue weighted by Gasteiger charge is -2.00. The highest BCUT2D eigenvalue weighted by atomic mass is 32.2. The Morgan fingerprint density at radius 1 is 1.46 bits per heavy atom. The second kappa shape index (κ2) is 3.01. The molecule has 0 spiro atoms. The van der Waals surface area contributed by atoms with Gasteiger partial charge in [-0.3, -0.25) is 4.55 Å². The molecule has 0 aliphatic rings. The van der Waals surface area contributed by atoms with Crippen LogP contribution in [0, 0.1) is 5.39 Å². The number of nitrogens with zero attached hydrogens (tertiary/aromatic N) is 2. The van der Waals surface area contributed by atoms with Crippen LogP contribution < -0.4 is 5.11 Å². The Hall–Kier alpha value is -1.65. The van der Waals surface area contributed by atoms with Gasteiger partial charge < -0.3 is 5.11 Å². The summed E-state index contributed by atoms with van der Waals surface area (Å²) in [6.45, 7) is 0. The fourth-order valence-corrected chi connectivity index (χ4v) is 1.24. The second-order valence-corrected chi connectivity index (χ2v) is 3.63. The predicted octanol–water partition coefficient (Wildman–Crippen LogP) is 0.491. The van der Waals surface area contributed by atoms with Crippen LogP contribution in [-0.4, -0.2) is 13.0 Å². The Morgan fingerprint density at radius 2 is 2.08 bits per heavy atom. The van der Waals surface area contributed by atoms with Gasteiger partial charge >= 0.3 is 5.69 Å². The van der Waals surface area contributed by atoms with E-state index in [0.29, 0.717) is 0 Å². The molecule has 0 radical (unpaired) electrons. The minimum absolute atomic E-state index is 0.435. The van der Waals surface area contributed by atoms with Crippen molar-refractivity contribution in [1.82, 2.24) is 0 Å². The van der Waals surface area contributed by atoms with Crippen LogP contribution in [0.3, 0.4) is 0 Å². The van der Waals surface area contributed by atoms with Gasteiger partial charge in [0.1, 0.15) is 4.90 Å². The maximum Gasteiger partial charge on any atom is 0.378 e. The van der Waals surface area contributed by atoms with Crippen LogP contribution in [0.15, 0.2) is 23.1 Å². The molecule has 1 aromatic rings. The minimum atomic E-state index is -4.36. The molecule has 0 saturated carbocycles. The number of hydrogen-bond acceptors (Lipinski definition) is 4. The SMILES string of the molecule is N#[N+]c1cc(S(=O)(=O)O)ccc1[O-]. The van der Waals surface area contributed by atoms with Crippen molar-refractivity contribution in [2.24, 2.45) is 0 Å². The van der Waals surface area contributed by atoms with Crippen molar-refractivity contribution < 1.29 is 18.1 Å². The van der Waals surface area contributed by atoms with Gasteiger partial charge in [0.15, 0.2) is 4.98 Å². The van der Waals surface area contributed by atoms with Crippen LogP contribution in [0.2, 0.25) is 0 Å². The van der Waals surface area contributed by atoms with Gasteiger partial charge in [0, 0.05) is 0 Å². The lowest BCUT2D eigenvalue weighted by molar-refractivity contribution is -0.266. The molecule has 0 bridgehead atoms. The smallest absolute Gasteiger partial charge is 0.378 e. The first-order valence-electron chi connectivity index (χ1n) is 3.09. The van der Waals surface area contributed by atoms with E-state index in [0.717, 1.165) is 18.2 Å². The van der Waals surface area contributed by atoms with Crippen molar-refractivity contribution >= 4 is 15.8 Å². The zero-order valence-corrected chi connectivity index (χ0v) is 7.02. The molecule has 0 unspecified atom stereocenters. The van der Waals surface area contributed by atoms with Crippen molar-refractivity contribution in [2.45, 2.75) is 4.90 Å².